The van der Waals surface area contributed by atoms with Crippen LogP contribution < -0.4 is 10.1 Å². The first-order valence-electron chi connectivity index (χ1n) is 5.53. The summed E-state index contributed by atoms with van der Waals surface area (Å²) in [5.74, 6) is 0.330. The van der Waals surface area contributed by atoms with Gasteiger partial charge in [0, 0.05) is 10.6 Å². The number of hydrogen-bond acceptors (Lipinski definition) is 3. The molecule has 1 atom stereocenters. The number of rotatable bonds is 2. The first-order valence-corrected chi connectivity index (χ1v) is 5.91. The lowest BCUT2D eigenvalue weighted by Gasteiger charge is -2.17. The zero-order valence-electron chi connectivity index (χ0n) is 9.28. The van der Waals surface area contributed by atoms with Gasteiger partial charge in [0.2, 0.25) is 5.91 Å². The van der Waals surface area contributed by atoms with E-state index >= 15 is 0 Å². The van der Waals surface area contributed by atoms with Crippen LogP contribution in [0, 0.1) is 0 Å². The number of benzene rings is 1. The van der Waals surface area contributed by atoms with E-state index in [-0.39, 0.29) is 11.9 Å². The van der Waals surface area contributed by atoms with Gasteiger partial charge in [-0.25, -0.2) is 0 Å². The molecule has 4 nitrogen and oxygen atoms in total. The van der Waals surface area contributed by atoms with Crippen LogP contribution in [0.4, 0.5) is 0 Å². The number of amides is 1. The number of hydrogen-bond donors (Lipinski definition) is 2. The van der Waals surface area contributed by atoms with Crippen molar-refractivity contribution < 1.29 is 14.6 Å². The number of aliphatic hydroxyl groups is 1. The Bertz CT molecular complexity index is 422. The molecule has 2 N–H and O–H groups in total. The monoisotopic (exact) mass is 255 g/mol. The molecule has 1 aliphatic heterocycles. The molecule has 1 aromatic rings. The van der Waals surface area contributed by atoms with Crippen LogP contribution in [0.2, 0.25) is 5.02 Å². The second-order valence-electron chi connectivity index (χ2n) is 3.95. The van der Waals surface area contributed by atoms with E-state index in [2.05, 4.69) is 5.32 Å². The smallest absolute Gasteiger partial charge is 0.246 e. The topological polar surface area (TPSA) is 58.6 Å². The quantitative estimate of drug-likeness (QED) is 0.845. The Morgan fingerprint density at radius 1 is 1.59 bits per heavy atom. The third kappa shape index (κ3) is 2.90. The summed E-state index contributed by atoms with van der Waals surface area (Å²) >= 11 is 5.90. The van der Waals surface area contributed by atoms with Crippen LogP contribution in [-0.2, 0) is 4.79 Å². The molecule has 1 amide bonds. The summed E-state index contributed by atoms with van der Waals surface area (Å²) in [5.41, 5.74) is 0.911. The van der Waals surface area contributed by atoms with Crippen molar-refractivity contribution >= 4 is 17.5 Å². The van der Waals surface area contributed by atoms with E-state index in [0.29, 0.717) is 17.4 Å². The minimum absolute atomic E-state index is 0.121. The fourth-order valence-corrected chi connectivity index (χ4v) is 2.10. The summed E-state index contributed by atoms with van der Waals surface area (Å²) < 4.78 is 5.58. The maximum atomic E-state index is 11.2. The molecule has 0 saturated heterocycles. The van der Waals surface area contributed by atoms with Crippen LogP contribution in [0.25, 0.3) is 0 Å². The van der Waals surface area contributed by atoms with E-state index in [1.54, 1.807) is 12.1 Å². The molecule has 0 saturated carbocycles. The van der Waals surface area contributed by atoms with E-state index in [4.69, 9.17) is 21.4 Å². The molecule has 0 aromatic heterocycles. The second-order valence-corrected chi connectivity index (χ2v) is 4.39. The average Bonchev–Trinajstić information content (AvgIpc) is 2.51. The van der Waals surface area contributed by atoms with Crippen LogP contribution in [-0.4, -0.2) is 24.2 Å². The van der Waals surface area contributed by atoms with Gasteiger partial charge in [0.05, 0.1) is 12.6 Å². The highest BCUT2D eigenvalue weighted by Crippen LogP contribution is 2.33. The Balaban J connectivity index is 2.26. The van der Waals surface area contributed by atoms with Crippen molar-refractivity contribution in [3.8, 4) is 5.75 Å². The van der Waals surface area contributed by atoms with Gasteiger partial charge in [-0.05, 0) is 25.0 Å². The molecule has 1 aromatic carbocycles. The predicted octanol–water partition coefficient (Wildman–Crippen LogP) is 1.66. The largest absolute Gasteiger partial charge is 0.493 e. The van der Waals surface area contributed by atoms with Gasteiger partial charge in [-0.15, -0.1) is 0 Å². The van der Waals surface area contributed by atoms with E-state index in [1.165, 1.54) is 0 Å². The fourth-order valence-electron chi connectivity index (χ4n) is 1.94. The van der Waals surface area contributed by atoms with E-state index in [0.717, 1.165) is 18.4 Å². The summed E-state index contributed by atoms with van der Waals surface area (Å²) in [6.07, 6.45) is 1.64. The highest BCUT2D eigenvalue weighted by atomic mass is 35.5. The fraction of sp³-hybridized carbons (Fsp3) is 0.417. The van der Waals surface area contributed by atoms with Gasteiger partial charge in [0.15, 0.2) is 0 Å². The molecule has 0 aliphatic carbocycles. The zero-order valence-corrected chi connectivity index (χ0v) is 10.0. The van der Waals surface area contributed by atoms with Crippen LogP contribution in [0.3, 0.4) is 0 Å². The third-order valence-electron chi connectivity index (χ3n) is 2.72. The van der Waals surface area contributed by atoms with Crippen molar-refractivity contribution in [2.45, 2.75) is 18.9 Å². The molecule has 0 fully saturated rings. The van der Waals surface area contributed by atoms with Crippen LogP contribution in [0.15, 0.2) is 18.2 Å². The molecule has 0 spiro atoms. The maximum absolute atomic E-state index is 11.2. The lowest BCUT2D eigenvalue weighted by Crippen LogP contribution is -2.30. The van der Waals surface area contributed by atoms with Crippen molar-refractivity contribution in [2.75, 3.05) is 13.2 Å². The van der Waals surface area contributed by atoms with Crippen molar-refractivity contribution in [3.05, 3.63) is 28.8 Å². The van der Waals surface area contributed by atoms with Gasteiger partial charge >= 0.3 is 0 Å². The van der Waals surface area contributed by atoms with Gasteiger partial charge in [-0.2, -0.15) is 0 Å². The predicted molar refractivity (Wildman–Crippen MR) is 64.2 cm³/mol. The van der Waals surface area contributed by atoms with Crippen molar-refractivity contribution in [3.63, 3.8) is 0 Å². The number of halogens is 1. The Labute approximate surface area is 105 Å². The van der Waals surface area contributed by atoms with Gasteiger partial charge in [0.25, 0.3) is 0 Å². The highest BCUT2D eigenvalue weighted by molar-refractivity contribution is 6.30. The number of fused-ring (bicyclic) bond motifs is 1. The number of aliphatic hydroxyl groups excluding tert-OH is 1. The van der Waals surface area contributed by atoms with Crippen LogP contribution >= 0.6 is 11.6 Å². The van der Waals surface area contributed by atoms with E-state index in [1.807, 2.05) is 6.07 Å². The molecule has 5 heteroatoms. The first-order chi connectivity index (χ1) is 8.20. The number of carbonyl (C=O) groups is 1. The normalized spacial score (nSPS) is 18.8. The van der Waals surface area contributed by atoms with Gasteiger partial charge < -0.3 is 15.2 Å². The summed E-state index contributed by atoms with van der Waals surface area (Å²) in [6.45, 7) is 0.110. The number of ether oxygens (including phenoxy) is 1. The van der Waals surface area contributed by atoms with Crippen molar-refractivity contribution in [2.24, 2.45) is 0 Å². The number of carbonyl (C=O) groups excluding carboxylic acids is 1. The lowest BCUT2D eigenvalue weighted by atomic mass is 10.0. The van der Waals surface area contributed by atoms with Crippen molar-refractivity contribution in [1.82, 2.24) is 5.32 Å². The first kappa shape index (κ1) is 12.2. The molecular formula is C12H14ClNO3. The van der Waals surface area contributed by atoms with Crippen LogP contribution in [0.1, 0.15) is 24.4 Å². The standard InChI is InChI=1S/C12H14ClNO3/c13-8-3-4-9-10(14-12(16)7-15)2-1-5-17-11(9)6-8/h3-4,6,10,15H,1-2,5,7H2,(H,14,16). The van der Waals surface area contributed by atoms with E-state index < -0.39 is 6.61 Å². The molecule has 1 aliphatic rings. The van der Waals surface area contributed by atoms with Gasteiger partial charge in [-0.3, -0.25) is 4.79 Å². The summed E-state index contributed by atoms with van der Waals surface area (Å²) in [6, 6.07) is 5.25. The Morgan fingerprint density at radius 3 is 3.18 bits per heavy atom. The van der Waals surface area contributed by atoms with Gasteiger partial charge in [0.1, 0.15) is 12.4 Å². The summed E-state index contributed by atoms with van der Waals surface area (Å²) in [7, 11) is 0. The highest BCUT2D eigenvalue weighted by Gasteiger charge is 2.21. The average molecular weight is 256 g/mol. The molecular weight excluding hydrogens is 242 g/mol. The van der Waals surface area contributed by atoms with Crippen molar-refractivity contribution in [1.29, 1.82) is 0 Å². The van der Waals surface area contributed by atoms with E-state index in [9.17, 15) is 4.79 Å². The third-order valence-corrected chi connectivity index (χ3v) is 2.96. The minimum Gasteiger partial charge on any atom is -0.493 e. The molecule has 0 bridgehead atoms. The second kappa shape index (κ2) is 5.38. The van der Waals surface area contributed by atoms with Gasteiger partial charge in [-0.1, -0.05) is 17.7 Å². The Morgan fingerprint density at radius 2 is 2.41 bits per heavy atom. The zero-order chi connectivity index (χ0) is 12.3. The Kier molecular flexibility index (Phi) is 3.86. The maximum Gasteiger partial charge on any atom is 0.246 e. The SMILES string of the molecule is O=C(CO)NC1CCCOc2cc(Cl)ccc21. The minimum atomic E-state index is -0.500. The Hall–Kier alpha value is -1.26. The summed E-state index contributed by atoms with van der Waals surface area (Å²) in [4.78, 5) is 11.2. The van der Waals surface area contributed by atoms with Crippen LogP contribution in [0.5, 0.6) is 5.75 Å². The molecule has 17 heavy (non-hydrogen) atoms. The molecule has 92 valence electrons. The number of nitrogens with one attached hydrogen (secondary N) is 1. The molecule has 2 rings (SSSR count). The summed E-state index contributed by atoms with van der Waals surface area (Å²) in [5, 5.41) is 12.1. The lowest BCUT2D eigenvalue weighted by molar-refractivity contribution is -0.124. The molecule has 0 radical (unpaired) electrons. The molecule has 1 heterocycles. The molecule has 1 unspecified atom stereocenters.